The van der Waals surface area contributed by atoms with Crippen molar-refractivity contribution in [2.45, 2.75) is 102 Å². The highest BCUT2D eigenvalue weighted by atomic mass is 16.7. The molecule has 2 N–H and O–H groups in total. The average Bonchev–Trinajstić information content (AvgIpc) is 4.03. The molecule has 1 aromatic carbocycles. The standard InChI is InChI=1S/C40H59N3O7/c1-6-22-48-40-35(42(5)38(46)27-13-14-27)26-33(41-50-39(2,3)4)31-24-28(11-7-9-20-44)30(12-8-10-21-45)36(37(31)40)32-25-29(15-16-34(32)49-40)47-23-19-43-17-18-43/h6,15-16,24-25,27-28,30,35-37,44-45H,1,7-14,17-23,26H2,2-5H3. The molecule has 6 rings (SSSR count). The highest BCUT2D eigenvalue weighted by Gasteiger charge is 2.65. The largest absolute Gasteiger partial charge is 0.492 e. The van der Waals surface area contributed by atoms with Crippen LogP contribution in [0.4, 0.5) is 0 Å². The third-order valence-corrected chi connectivity index (χ3v) is 11.0. The summed E-state index contributed by atoms with van der Waals surface area (Å²) in [7, 11) is 1.89. The molecule has 2 aliphatic heterocycles. The van der Waals surface area contributed by atoms with Crippen molar-refractivity contribution in [3.05, 3.63) is 48.1 Å². The van der Waals surface area contributed by atoms with E-state index in [1.807, 2.05) is 44.9 Å². The minimum Gasteiger partial charge on any atom is -0.492 e. The van der Waals surface area contributed by atoms with Gasteiger partial charge in [0.05, 0.1) is 18.2 Å². The lowest BCUT2D eigenvalue weighted by Crippen LogP contribution is -2.69. The monoisotopic (exact) mass is 693 g/mol. The average molecular weight is 694 g/mol. The summed E-state index contributed by atoms with van der Waals surface area (Å²) in [6.45, 7) is 14.3. The summed E-state index contributed by atoms with van der Waals surface area (Å²) in [6, 6.07) is 5.70. The van der Waals surface area contributed by atoms with Crippen molar-refractivity contribution >= 4 is 11.6 Å². The van der Waals surface area contributed by atoms with E-state index >= 15 is 0 Å². The molecule has 6 atom stereocenters. The molecular formula is C40H59N3O7. The Morgan fingerprint density at radius 1 is 1.14 bits per heavy atom. The number of hydrogen-bond acceptors (Lipinski definition) is 9. The second-order valence-electron chi connectivity index (χ2n) is 15.9. The molecule has 10 heteroatoms. The lowest BCUT2D eigenvalue weighted by molar-refractivity contribution is -0.256. The lowest BCUT2D eigenvalue weighted by atomic mass is 9.55. The Balaban J connectivity index is 1.53. The normalized spacial score (nSPS) is 29.4. The number of benzene rings is 1. The summed E-state index contributed by atoms with van der Waals surface area (Å²) in [5, 5.41) is 24.5. The number of carbonyl (C=O) groups excluding carboxylic acids is 1. The van der Waals surface area contributed by atoms with Crippen LogP contribution >= 0.6 is 0 Å². The molecule has 0 spiro atoms. The van der Waals surface area contributed by atoms with E-state index in [1.165, 1.54) is 0 Å². The molecule has 2 heterocycles. The van der Waals surface area contributed by atoms with Gasteiger partial charge in [-0.2, -0.15) is 0 Å². The van der Waals surface area contributed by atoms with Crippen LogP contribution in [0, 0.1) is 23.7 Å². The Bertz CT molecular complexity index is 1410. The fourth-order valence-electron chi connectivity index (χ4n) is 8.37. The van der Waals surface area contributed by atoms with Crippen molar-refractivity contribution in [3.63, 3.8) is 0 Å². The lowest BCUT2D eigenvalue weighted by Gasteiger charge is -2.59. The molecule has 2 saturated carbocycles. The number of fused-ring (bicyclic) bond motifs is 2. The van der Waals surface area contributed by atoms with E-state index in [2.05, 4.69) is 23.6 Å². The van der Waals surface area contributed by atoms with E-state index < -0.39 is 17.4 Å². The second-order valence-corrected chi connectivity index (χ2v) is 15.9. The predicted molar refractivity (Wildman–Crippen MR) is 193 cm³/mol. The smallest absolute Gasteiger partial charge is 0.239 e. The van der Waals surface area contributed by atoms with E-state index in [0.29, 0.717) is 13.0 Å². The number of ether oxygens (including phenoxy) is 3. The first-order valence-corrected chi connectivity index (χ1v) is 19.0. The van der Waals surface area contributed by atoms with Crippen LogP contribution in [0.5, 0.6) is 11.5 Å². The van der Waals surface area contributed by atoms with Gasteiger partial charge in [-0.1, -0.05) is 30.1 Å². The summed E-state index contributed by atoms with van der Waals surface area (Å²) in [5.41, 5.74) is 2.45. The Hall–Kier alpha value is -2.92. The van der Waals surface area contributed by atoms with Gasteiger partial charge in [-0.3, -0.25) is 9.69 Å². The third kappa shape index (κ3) is 8.09. The number of unbranched alkanes of at least 4 members (excludes halogenated alkanes) is 2. The second kappa shape index (κ2) is 15.8. The number of allylic oxidation sites excluding steroid dienone is 1. The molecule has 1 saturated heterocycles. The fourth-order valence-corrected chi connectivity index (χ4v) is 8.37. The van der Waals surface area contributed by atoms with E-state index in [0.717, 1.165) is 99.3 Å². The molecule has 5 aliphatic rings. The molecule has 1 aromatic rings. The van der Waals surface area contributed by atoms with Crippen molar-refractivity contribution < 1.29 is 34.1 Å². The van der Waals surface area contributed by atoms with Crippen molar-refractivity contribution in [2.24, 2.45) is 28.8 Å². The van der Waals surface area contributed by atoms with Gasteiger partial charge in [-0.25, -0.2) is 0 Å². The number of aliphatic hydroxyl groups excluding tert-OH is 2. The maximum Gasteiger partial charge on any atom is 0.239 e. The first-order chi connectivity index (χ1) is 24.1. The molecule has 3 aliphatic carbocycles. The number of oxime groups is 1. The minimum atomic E-state index is -1.20. The van der Waals surface area contributed by atoms with Crippen LogP contribution in [-0.2, 0) is 14.4 Å². The van der Waals surface area contributed by atoms with Gasteiger partial charge in [0, 0.05) is 63.7 Å². The van der Waals surface area contributed by atoms with E-state index in [4.69, 9.17) is 24.2 Å². The van der Waals surface area contributed by atoms with Crippen LogP contribution < -0.4 is 9.47 Å². The topological polar surface area (TPSA) is 113 Å². The van der Waals surface area contributed by atoms with Gasteiger partial charge in [-0.05, 0) is 94.9 Å². The van der Waals surface area contributed by atoms with Gasteiger partial charge in [0.2, 0.25) is 11.7 Å². The van der Waals surface area contributed by atoms with E-state index in [9.17, 15) is 15.0 Å². The van der Waals surface area contributed by atoms with Crippen LogP contribution in [0.25, 0.3) is 0 Å². The predicted octanol–water partition coefficient (Wildman–Crippen LogP) is 5.68. The number of hydrogen-bond donors (Lipinski definition) is 2. The van der Waals surface area contributed by atoms with Crippen LogP contribution in [-0.4, -0.2) is 102 Å². The molecule has 276 valence electrons. The molecule has 1 amide bonds. The number of nitrogens with zero attached hydrogens (tertiary/aromatic N) is 3. The maximum absolute atomic E-state index is 13.9. The number of likely N-dealkylation sites (N-methyl/N-ethyl adjacent to an activating group) is 1. The van der Waals surface area contributed by atoms with Gasteiger partial charge in [0.25, 0.3) is 0 Å². The van der Waals surface area contributed by atoms with Gasteiger partial charge in [0.1, 0.15) is 29.7 Å². The molecule has 3 fully saturated rings. The zero-order chi connectivity index (χ0) is 35.5. The number of carbonyl (C=O) groups is 1. The van der Waals surface area contributed by atoms with Gasteiger partial charge in [-0.15, -0.1) is 6.58 Å². The quantitative estimate of drug-likeness (QED) is 0.0875. The molecular weight excluding hydrogens is 634 g/mol. The first kappa shape index (κ1) is 36.9. The van der Waals surface area contributed by atoms with Crippen LogP contribution in [0.15, 0.2) is 47.7 Å². The summed E-state index contributed by atoms with van der Waals surface area (Å²) < 4.78 is 20.5. The minimum absolute atomic E-state index is 0.0199. The Labute approximate surface area is 298 Å². The SMILES string of the molecule is C=CCOC12Oc3ccc(OCCN4CC4)cc3C3C(CCCCO)C(CCCCO)C=C(C(=NOC(C)(C)C)CC1N(C)C(=O)C1CC1)C32. The van der Waals surface area contributed by atoms with Crippen LogP contribution in [0.1, 0.15) is 90.0 Å². The zero-order valence-corrected chi connectivity index (χ0v) is 30.6. The number of aliphatic hydroxyl groups is 2. The van der Waals surface area contributed by atoms with E-state index in [-0.39, 0.29) is 55.3 Å². The maximum atomic E-state index is 13.9. The molecule has 0 bridgehead atoms. The van der Waals surface area contributed by atoms with Gasteiger partial charge < -0.3 is 34.2 Å². The Kier molecular flexibility index (Phi) is 11.6. The summed E-state index contributed by atoms with van der Waals surface area (Å²) in [4.78, 5) is 24.3. The molecule has 50 heavy (non-hydrogen) atoms. The van der Waals surface area contributed by atoms with Crippen LogP contribution in [0.3, 0.4) is 0 Å². The Morgan fingerprint density at radius 3 is 2.54 bits per heavy atom. The number of amides is 1. The Morgan fingerprint density at radius 2 is 1.88 bits per heavy atom. The summed E-state index contributed by atoms with van der Waals surface area (Å²) >= 11 is 0. The van der Waals surface area contributed by atoms with E-state index in [1.54, 1.807) is 6.08 Å². The molecule has 0 radical (unpaired) electrons. The highest BCUT2D eigenvalue weighted by Crippen LogP contribution is 2.62. The van der Waals surface area contributed by atoms with Crippen molar-refractivity contribution in [1.82, 2.24) is 9.80 Å². The first-order valence-electron chi connectivity index (χ1n) is 19.0. The number of rotatable bonds is 18. The van der Waals surface area contributed by atoms with Crippen molar-refractivity contribution in [1.29, 1.82) is 0 Å². The van der Waals surface area contributed by atoms with Crippen molar-refractivity contribution in [3.8, 4) is 11.5 Å². The van der Waals surface area contributed by atoms with Crippen LogP contribution in [0.2, 0.25) is 0 Å². The fraction of sp³-hybridized carbons (Fsp3) is 0.700. The molecule has 10 nitrogen and oxygen atoms in total. The van der Waals surface area contributed by atoms with Crippen molar-refractivity contribution in [2.75, 3.05) is 53.1 Å². The summed E-state index contributed by atoms with van der Waals surface area (Å²) in [5.74, 6) is 0.512. The molecule has 0 aromatic heterocycles. The molecule has 6 unspecified atom stereocenters. The van der Waals surface area contributed by atoms with Gasteiger partial charge >= 0.3 is 0 Å². The summed E-state index contributed by atoms with van der Waals surface area (Å²) in [6.07, 6.45) is 11.4. The zero-order valence-electron chi connectivity index (χ0n) is 30.6. The highest BCUT2D eigenvalue weighted by molar-refractivity contribution is 6.03. The third-order valence-electron chi connectivity index (χ3n) is 11.0. The van der Waals surface area contributed by atoms with Gasteiger partial charge in [0.15, 0.2) is 0 Å².